The van der Waals surface area contributed by atoms with Crippen molar-refractivity contribution in [3.63, 3.8) is 0 Å². The van der Waals surface area contributed by atoms with E-state index in [1.807, 2.05) is 73.7 Å². The second-order valence-electron chi connectivity index (χ2n) is 8.69. The third-order valence-corrected chi connectivity index (χ3v) is 6.10. The van der Waals surface area contributed by atoms with Crippen LogP contribution in [-0.4, -0.2) is 18.9 Å². The fourth-order valence-corrected chi connectivity index (χ4v) is 4.18. The summed E-state index contributed by atoms with van der Waals surface area (Å²) in [6, 6.07) is 30.7. The van der Waals surface area contributed by atoms with Gasteiger partial charge in [-0.1, -0.05) is 79.6 Å². The third kappa shape index (κ3) is 5.49. The Bertz CT molecular complexity index is 1320. The van der Waals surface area contributed by atoms with E-state index in [9.17, 15) is 9.59 Å². The van der Waals surface area contributed by atoms with Crippen molar-refractivity contribution in [1.29, 1.82) is 0 Å². The highest BCUT2D eigenvalue weighted by Crippen LogP contribution is 2.26. The van der Waals surface area contributed by atoms with Crippen molar-refractivity contribution in [3.05, 3.63) is 119 Å². The maximum Gasteiger partial charge on any atom is 0.258 e. The van der Waals surface area contributed by atoms with Crippen LogP contribution in [-0.2, 0) is 6.42 Å². The topological polar surface area (TPSA) is 49.4 Å². The van der Waals surface area contributed by atoms with E-state index in [0.717, 1.165) is 35.2 Å². The summed E-state index contributed by atoms with van der Waals surface area (Å²) in [5, 5.41) is 2.97. The predicted molar refractivity (Wildman–Crippen MR) is 144 cm³/mol. The van der Waals surface area contributed by atoms with Crippen molar-refractivity contribution in [2.75, 3.05) is 17.3 Å². The second kappa shape index (κ2) is 10.8. The Morgan fingerprint density at radius 2 is 1.46 bits per heavy atom. The fourth-order valence-electron chi connectivity index (χ4n) is 4.18. The van der Waals surface area contributed by atoms with Crippen LogP contribution in [0, 0.1) is 6.92 Å². The lowest BCUT2D eigenvalue weighted by Crippen LogP contribution is -2.27. The zero-order valence-electron chi connectivity index (χ0n) is 20.4. The lowest BCUT2D eigenvalue weighted by Gasteiger charge is -2.21. The molecule has 0 saturated carbocycles. The molecule has 0 aromatic heterocycles. The molecule has 0 heterocycles. The molecule has 4 aromatic rings. The predicted octanol–water partition coefficient (Wildman–Crippen LogP) is 7.14. The Labute approximate surface area is 207 Å². The molecule has 0 unspecified atom stereocenters. The molecule has 4 heteroatoms. The molecule has 0 atom stereocenters. The average Bonchev–Trinajstić information content (AvgIpc) is 2.89. The van der Waals surface area contributed by atoms with Crippen LogP contribution in [0.1, 0.15) is 45.2 Å². The molecule has 0 aliphatic rings. The molecule has 35 heavy (non-hydrogen) atoms. The third-order valence-electron chi connectivity index (χ3n) is 6.10. The van der Waals surface area contributed by atoms with Crippen molar-refractivity contribution < 1.29 is 9.59 Å². The standard InChI is InChI=1S/C31H30N2O2/c1-4-9-24-10-5-8-13-29(24)33(3)31(35)25-18-20-26(21-19-25)32-30(34)28-12-7-6-11-27(28)23-16-14-22(2)15-17-23/h5-8,10-21H,4,9H2,1-3H3,(H,32,34). The number of hydrogen-bond acceptors (Lipinski definition) is 2. The number of hydrogen-bond donors (Lipinski definition) is 1. The molecule has 0 aliphatic carbocycles. The molecule has 0 saturated heterocycles. The van der Waals surface area contributed by atoms with Gasteiger partial charge in [0.05, 0.1) is 0 Å². The van der Waals surface area contributed by atoms with Crippen molar-refractivity contribution >= 4 is 23.2 Å². The molecule has 0 fully saturated rings. The van der Waals surface area contributed by atoms with Gasteiger partial charge in [0.15, 0.2) is 0 Å². The van der Waals surface area contributed by atoms with E-state index in [2.05, 4.69) is 18.3 Å². The number of nitrogens with zero attached hydrogens (tertiary/aromatic N) is 1. The first-order chi connectivity index (χ1) is 17.0. The zero-order chi connectivity index (χ0) is 24.8. The highest BCUT2D eigenvalue weighted by atomic mass is 16.2. The van der Waals surface area contributed by atoms with Gasteiger partial charge in [-0.25, -0.2) is 0 Å². The molecule has 2 amide bonds. The summed E-state index contributed by atoms with van der Waals surface area (Å²) in [4.78, 5) is 27.9. The normalized spacial score (nSPS) is 10.6. The minimum Gasteiger partial charge on any atom is -0.322 e. The highest BCUT2D eigenvalue weighted by Gasteiger charge is 2.17. The van der Waals surface area contributed by atoms with Gasteiger partial charge >= 0.3 is 0 Å². The summed E-state index contributed by atoms with van der Waals surface area (Å²) in [5.74, 6) is -0.276. The summed E-state index contributed by atoms with van der Waals surface area (Å²) in [5.41, 5.74) is 6.93. The van der Waals surface area contributed by atoms with E-state index in [0.29, 0.717) is 16.8 Å². The highest BCUT2D eigenvalue weighted by molar-refractivity contribution is 6.09. The number of rotatable bonds is 7. The number of carbonyl (C=O) groups excluding carboxylic acids is 2. The van der Waals surface area contributed by atoms with Gasteiger partial charge in [0.1, 0.15) is 0 Å². The first-order valence-electron chi connectivity index (χ1n) is 11.9. The minimum absolute atomic E-state index is 0.0869. The largest absolute Gasteiger partial charge is 0.322 e. The summed E-state index contributed by atoms with van der Waals surface area (Å²) < 4.78 is 0. The maximum atomic E-state index is 13.1. The van der Waals surface area contributed by atoms with Crippen LogP contribution in [0.5, 0.6) is 0 Å². The van der Waals surface area contributed by atoms with Crippen LogP contribution < -0.4 is 10.2 Å². The number of carbonyl (C=O) groups is 2. The maximum absolute atomic E-state index is 13.1. The van der Waals surface area contributed by atoms with E-state index < -0.39 is 0 Å². The van der Waals surface area contributed by atoms with Crippen LogP contribution in [0.25, 0.3) is 11.1 Å². The van der Waals surface area contributed by atoms with Crippen molar-refractivity contribution in [3.8, 4) is 11.1 Å². The van der Waals surface area contributed by atoms with Gasteiger partial charge in [-0.3, -0.25) is 9.59 Å². The lowest BCUT2D eigenvalue weighted by atomic mass is 9.98. The Morgan fingerprint density at radius 3 is 2.17 bits per heavy atom. The van der Waals surface area contributed by atoms with Crippen LogP contribution in [0.15, 0.2) is 97.1 Å². The first-order valence-corrected chi connectivity index (χ1v) is 11.9. The van der Waals surface area contributed by atoms with Crippen LogP contribution in [0.2, 0.25) is 0 Å². The Balaban J connectivity index is 1.50. The summed E-state index contributed by atoms with van der Waals surface area (Å²) in [6.07, 6.45) is 1.93. The molecular weight excluding hydrogens is 432 g/mol. The number of para-hydroxylation sites is 1. The molecule has 4 aromatic carbocycles. The number of benzene rings is 4. The van der Waals surface area contributed by atoms with Gasteiger partial charge in [0.25, 0.3) is 11.8 Å². The van der Waals surface area contributed by atoms with E-state index in [4.69, 9.17) is 0 Å². The number of amides is 2. The van der Waals surface area contributed by atoms with Gasteiger partial charge in [0.2, 0.25) is 0 Å². The van der Waals surface area contributed by atoms with Gasteiger partial charge in [-0.15, -0.1) is 0 Å². The van der Waals surface area contributed by atoms with E-state index in [1.165, 1.54) is 5.56 Å². The molecule has 4 nitrogen and oxygen atoms in total. The second-order valence-corrected chi connectivity index (χ2v) is 8.69. The smallest absolute Gasteiger partial charge is 0.258 e. The van der Waals surface area contributed by atoms with E-state index >= 15 is 0 Å². The SMILES string of the molecule is CCCc1ccccc1N(C)C(=O)c1ccc(NC(=O)c2ccccc2-c2ccc(C)cc2)cc1. The fraction of sp³-hybridized carbons (Fsp3) is 0.161. The van der Waals surface area contributed by atoms with Gasteiger partial charge in [0, 0.05) is 29.5 Å². The average molecular weight is 463 g/mol. The van der Waals surface area contributed by atoms with Crippen LogP contribution in [0.4, 0.5) is 11.4 Å². The molecule has 1 N–H and O–H groups in total. The minimum atomic E-state index is -0.189. The van der Waals surface area contributed by atoms with E-state index in [-0.39, 0.29) is 11.8 Å². The number of anilines is 2. The van der Waals surface area contributed by atoms with Gasteiger partial charge in [-0.2, -0.15) is 0 Å². The van der Waals surface area contributed by atoms with Crippen LogP contribution in [0.3, 0.4) is 0 Å². The summed E-state index contributed by atoms with van der Waals surface area (Å²) >= 11 is 0. The molecule has 0 spiro atoms. The quantitative estimate of drug-likeness (QED) is 0.317. The summed E-state index contributed by atoms with van der Waals surface area (Å²) in [6.45, 7) is 4.17. The molecule has 0 bridgehead atoms. The summed E-state index contributed by atoms with van der Waals surface area (Å²) in [7, 11) is 1.80. The molecule has 0 aliphatic heterocycles. The number of nitrogens with one attached hydrogen (secondary N) is 1. The van der Waals surface area contributed by atoms with Crippen molar-refractivity contribution in [2.45, 2.75) is 26.7 Å². The molecule has 4 rings (SSSR count). The first kappa shape index (κ1) is 24.0. The van der Waals surface area contributed by atoms with Crippen molar-refractivity contribution in [1.82, 2.24) is 0 Å². The Hall–Kier alpha value is -4.18. The Morgan fingerprint density at radius 1 is 0.800 bits per heavy atom. The van der Waals surface area contributed by atoms with Gasteiger partial charge in [-0.05, 0) is 66.4 Å². The van der Waals surface area contributed by atoms with E-state index in [1.54, 1.807) is 36.2 Å². The zero-order valence-corrected chi connectivity index (χ0v) is 20.4. The number of aryl methyl sites for hydroxylation is 2. The Kier molecular flexibility index (Phi) is 7.41. The monoisotopic (exact) mass is 462 g/mol. The molecule has 176 valence electrons. The van der Waals surface area contributed by atoms with Crippen LogP contribution >= 0.6 is 0 Å². The molecular formula is C31H30N2O2. The lowest BCUT2D eigenvalue weighted by molar-refractivity contribution is 0.0991. The van der Waals surface area contributed by atoms with Gasteiger partial charge < -0.3 is 10.2 Å². The molecule has 0 radical (unpaired) electrons. The van der Waals surface area contributed by atoms with Crippen molar-refractivity contribution in [2.24, 2.45) is 0 Å².